The predicted octanol–water partition coefficient (Wildman–Crippen LogP) is 3.00. The highest BCUT2D eigenvalue weighted by Gasteiger charge is 2.44. The van der Waals surface area contributed by atoms with Crippen molar-refractivity contribution in [2.75, 3.05) is 26.2 Å². The van der Waals surface area contributed by atoms with Crippen molar-refractivity contribution in [3.05, 3.63) is 23.8 Å². The summed E-state index contributed by atoms with van der Waals surface area (Å²) in [5, 5.41) is 3.34. The quantitative estimate of drug-likeness (QED) is 0.910. The lowest BCUT2D eigenvalue weighted by Gasteiger charge is -2.42. The standard InChI is InChI=1S/C16H22F2N2O2/c1-15(2,3)14(20-8-6-19-7-9-20)11-4-5-12-13(10-11)22-16(17,18)21-12/h4-5,10,14,19H,6-9H2,1-3H3/t14-/m1/s1. The molecule has 1 N–H and O–H groups in total. The van der Waals surface area contributed by atoms with Crippen LogP contribution < -0.4 is 14.8 Å². The van der Waals surface area contributed by atoms with E-state index in [9.17, 15) is 8.78 Å². The van der Waals surface area contributed by atoms with Gasteiger partial charge in [-0.2, -0.15) is 0 Å². The number of nitrogens with zero attached hydrogens (tertiary/aromatic N) is 1. The van der Waals surface area contributed by atoms with E-state index in [1.54, 1.807) is 12.1 Å². The molecule has 22 heavy (non-hydrogen) atoms. The molecule has 122 valence electrons. The summed E-state index contributed by atoms with van der Waals surface area (Å²) < 4.78 is 35.5. The van der Waals surface area contributed by atoms with Crippen molar-refractivity contribution in [2.45, 2.75) is 33.1 Å². The molecule has 0 aliphatic carbocycles. The summed E-state index contributed by atoms with van der Waals surface area (Å²) in [6, 6.07) is 5.26. The Morgan fingerprint density at radius 2 is 1.77 bits per heavy atom. The Hall–Kier alpha value is -1.40. The van der Waals surface area contributed by atoms with Crippen LogP contribution in [0, 0.1) is 5.41 Å². The van der Waals surface area contributed by atoms with Crippen molar-refractivity contribution >= 4 is 0 Å². The zero-order valence-corrected chi connectivity index (χ0v) is 13.2. The Balaban J connectivity index is 1.92. The number of fused-ring (bicyclic) bond motifs is 1. The number of benzene rings is 1. The maximum atomic E-state index is 13.2. The number of rotatable bonds is 2. The third-order valence-electron chi connectivity index (χ3n) is 4.08. The fraction of sp³-hybridized carbons (Fsp3) is 0.625. The van der Waals surface area contributed by atoms with Gasteiger partial charge >= 0.3 is 6.29 Å². The van der Waals surface area contributed by atoms with Crippen LogP contribution in [0.3, 0.4) is 0 Å². The van der Waals surface area contributed by atoms with Gasteiger partial charge < -0.3 is 14.8 Å². The normalized spacial score (nSPS) is 22.6. The van der Waals surface area contributed by atoms with Crippen LogP contribution in [0.15, 0.2) is 18.2 Å². The number of piperazine rings is 1. The summed E-state index contributed by atoms with van der Waals surface area (Å²) >= 11 is 0. The summed E-state index contributed by atoms with van der Waals surface area (Å²) in [6.45, 7) is 10.3. The van der Waals surface area contributed by atoms with E-state index in [0.717, 1.165) is 31.7 Å². The van der Waals surface area contributed by atoms with Crippen molar-refractivity contribution in [1.29, 1.82) is 0 Å². The number of nitrogens with one attached hydrogen (secondary N) is 1. The topological polar surface area (TPSA) is 33.7 Å². The molecule has 0 aromatic heterocycles. The lowest BCUT2D eigenvalue weighted by atomic mass is 9.81. The summed E-state index contributed by atoms with van der Waals surface area (Å²) in [5.74, 6) is 0.216. The minimum atomic E-state index is -3.56. The van der Waals surface area contributed by atoms with Gasteiger partial charge in [-0.1, -0.05) is 26.8 Å². The van der Waals surface area contributed by atoms with Gasteiger partial charge in [0.2, 0.25) is 0 Å². The third kappa shape index (κ3) is 3.03. The van der Waals surface area contributed by atoms with E-state index in [4.69, 9.17) is 0 Å². The van der Waals surface area contributed by atoms with Gasteiger partial charge in [0.1, 0.15) is 0 Å². The first-order valence-electron chi connectivity index (χ1n) is 7.61. The number of ether oxygens (including phenoxy) is 2. The molecule has 2 aliphatic rings. The monoisotopic (exact) mass is 312 g/mol. The van der Waals surface area contributed by atoms with Gasteiger partial charge in [-0.15, -0.1) is 8.78 Å². The Bertz CT molecular complexity index is 552. The SMILES string of the molecule is CC(C)(C)[C@@H](c1ccc2c(c1)OC(F)(F)O2)N1CCNCC1. The van der Waals surface area contributed by atoms with Gasteiger partial charge in [-0.05, 0) is 23.1 Å². The van der Waals surface area contributed by atoms with Crippen LogP contribution in [-0.2, 0) is 0 Å². The maximum absolute atomic E-state index is 13.2. The van der Waals surface area contributed by atoms with E-state index in [1.807, 2.05) is 6.07 Å². The van der Waals surface area contributed by atoms with Crippen molar-refractivity contribution in [3.8, 4) is 11.5 Å². The van der Waals surface area contributed by atoms with E-state index < -0.39 is 6.29 Å². The van der Waals surface area contributed by atoms with Crippen LogP contribution in [0.2, 0.25) is 0 Å². The van der Waals surface area contributed by atoms with Crippen molar-refractivity contribution in [3.63, 3.8) is 0 Å². The number of halogens is 2. The van der Waals surface area contributed by atoms with Gasteiger partial charge in [-0.3, -0.25) is 4.90 Å². The van der Waals surface area contributed by atoms with Crippen molar-refractivity contribution in [1.82, 2.24) is 10.2 Å². The Kier molecular flexibility index (Phi) is 3.77. The average molecular weight is 312 g/mol. The molecular weight excluding hydrogens is 290 g/mol. The van der Waals surface area contributed by atoms with Crippen LogP contribution in [0.1, 0.15) is 32.4 Å². The molecule has 2 aliphatic heterocycles. The Morgan fingerprint density at radius 3 is 2.41 bits per heavy atom. The molecule has 0 radical (unpaired) electrons. The van der Waals surface area contributed by atoms with E-state index in [1.165, 1.54) is 0 Å². The molecule has 6 heteroatoms. The lowest BCUT2D eigenvalue weighted by molar-refractivity contribution is -0.286. The smallest absolute Gasteiger partial charge is 0.395 e. The molecule has 1 aromatic rings. The minimum absolute atomic E-state index is 0.0203. The molecule has 2 heterocycles. The zero-order valence-electron chi connectivity index (χ0n) is 13.2. The molecule has 1 atom stereocenters. The molecule has 0 spiro atoms. The fourth-order valence-corrected chi connectivity index (χ4v) is 3.33. The van der Waals surface area contributed by atoms with Crippen LogP contribution >= 0.6 is 0 Å². The molecule has 0 unspecified atom stereocenters. The first-order chi connectivity index (χ1) is 10.3. The minimum Gasteiger partial charge on any atom is -0.395 e. The van der Waals surface area contributed by atoms with Gasteiger partial charge in [0, 0.05) is 32.2 Å². The van der Waals surface area contributed by atoms with Crippen LogP contribution in [0.4, 0.5) is 8.78 Å². The van der Waals surface area contributed by atoms with Crippen LogP contribution in [0.5, 0.6) is 11.5 Å². The van der Waals surface area contributed by atoms with Gasteiger partial charge in [0.05, 0.1) is 0 Å². The van der Waals surface area contributed by atoms with Gasteiger partial charge in [0.15, 0.2) is 11.5 Å². The molecule has 1 fully saturated rings. The molecule has 1 aromatic carbocycles. The summed E-state index contributed by atoms with van der Waals surface area (Å²) in [7, 11) is 0. The van der Waals surface area contributed by atoms with Gasteiger partial charge in [-0.25, -0.2) is 0 Å². The largest absolute Gasteiger partial charge is 0.586 e. The van der Waals surface area contributed by atoms with E-state index in [-0.39, 0.29) is 23.0 Å². The Labute approximate surface area is 129 Å². The van der Waals surface area contributed by atoms with E-state index >= 15 is 0 Å². The first-order valence-corrected chi connectivity index (χ1v) is 7.61. The highest BCUT2D eigenvalue weighted by atomic mass is 19.3. The second-order valence-electron chi connectivity index (χ2n) is 6.93. The maximum Gasteiger partial charge on any atom is 0.586 e. The average Bonchev–Trinajstić information content (AvgIpc) is 2.71. The number of alkyl halides is 2. The fourth-order valence-electron chi connectivity index (χ4n) is 3.33. The number of hydrogen-bond donors (Lipinski definition) is 1. The van der Waals surface area contributed by atoms with E-state index in [0.29, 0.717) is 0 Å². The molecule has 4 nitrogen and oxygen atoms in total. The Morgan fingerprint density at radius 1 is 1.14 bits per heavy atom. The molecular formula is C16H22F2N2O2. The molecule has 3 rings (SSSR count). The van der Waals surface area contributed by atoms with Crippen LogP contribution in [-0.4, -0.2) is 37.4 Å². The zero-order chi connectivity index (χ0) is 16.0. The first kappa shape index (κ1) is 15.5. The van der Waals surface area contributed by atoms with Crippen molar-refractivity contribution in [2.24, 2.45) is 5.41 Å². The summed E-state index contributed by atoms with van der Waals surface area (Å²) in [4.78, 5) is 2.40. The molecule has 0 saturated carbocycles. The highest BCUT2D eigenvalue weighted by molar-refractivity contribution is 5.46. The predicted molar refractivity (Wildman–Crippen MR) is 79.3 cm³/mol. The lowest BCUT2D eigenvalue weighted by Crippen LogP contribution is -2.48. The third-order valence-corrected chi connectivity index (χ3v) is 4.08. The van der Waals surface area contributed by atoms with Crippen molar-refractivity contribution < 1.29 is 18.3 Å². The highest BCUT2D eigenvalue weighted by Crippen LogP contribution is 2.45. The molecule has 0 bridgehead atoms. The van der Waals surface area contributed by atoms with Crippen LogP contribution in [0.25, 0.3) is 0 Å². The summed E-state index contributed by atoms with van der Waals surface area (Å²) in [5.41, 5.74) is 0.961. The summed E-state index contributed by atoms with van der Waals surface area (Å²) in [6.07, 6.45) is -3.56. The van der Waals surface area contributed by atoms with E-state index in [2.05, 4.69) is 40.5 Å². The second-order valence-corrected chi connectivity index (χ2v) is 6.93. The molecule has 0 amide bonds. The van der Waals surface area contributed by atoms with Gasteiger partial charge in [0.25, 0.3) is 0 Å². The number of hydrogen-bond acceptors (Lipinski definition) is 4. The molecule has 1 saturated heterocycles. The second kappa shape index (κ2) is 5.35.